The zero-order valence-electron chi connectivity index (χ0n) is 10.3. The summed E-state index contributed by atoms with van der Waals surface area (Å²) in [7, 11) is 0. The van der Waals surface area contributed by atoms with Gasteiger partial charge in [-0.3, -0.25) is 5.32 Å². The molecule has 6 heteroatoms. The van der Waals surface area contributed by atoms with Gasteiger partial charge in [0, 0.05) is 4.88 Å². The standard InChI is InChI=1S/C13H14N2O3S/c16-13(14-7-10-2-1-4-18-10)15-12-6-9-3-5-17-8-11(9)19-12/h1-2,4,6H,3,5,7-8H2,(H2,14,15,16). The molecule has 0 radical (unpaired) electrons. The van der Waals surface area contributed by atoms with Gasteiger partial charge in [0.05, 0.1) is 31.0 Å². The molecule has 3 heterocycles. The molecule has 2 N–H and O–H groups in total. The van der Waals surface area contributed by atoms with Crippen LogP contribution in [0.4, 0.5) is 9.80 Å². The fourth-order valence-corrected chi connectivity index (χ4v) is 2.99. The number of thiophene rings is 1. The third-order valence-electron chi connectivity index (χ3n) is 2.89. The highest BCUT2D eigenvalue weighted by Gasteiger charge is 2.14. The molecule has 1 aliphatic rings. The van der Waals surface area contributed by atoms with Gasteiger partial charge in [-0.05, 0) is 30.2 Å². The van der Waals surface area contributed by atoms with E-state index in [9.17, 15) is 4.79 Å². The summed E-state index contributed by atoms with van der Waals surface area (Å²) in [6.45, 7) is 1.79. The molecule has 0 aromatic carbocycles. The number of hydrogen-bond acceptors (Lipinski definition) is 4. The molecule has 0 spiro atoms. The van der Waals surface area contributed by atoms with Crippen molar-refractivity contribution >= 4 is 22.4 Å². The van der Waals surface area contributed by atoms with E-state index in [2.05, 4.69) is 10.6 Å². The van der Waals surface area contributed by atoms with Crippen molar-refractivity contribution < 1.29 is 13.9 Å². The van der Waals surface area contributed by atoms with E-state index in [4.69, 9.17) is 9.15 Å². The lowest BCUT2D eigenvalue weighted by molar-refractivity contribution is 0.113. The molecule has 0 bridgehead atoms. The van der Waals surface area contributed by atoms with Crippen LogP contribution in [0.5, 0.6) is 0 Å². The Hall–Kier alpha value is -1.79. The van der Waals surface area contributed by atoms with Gasteiger partial charge in [-0.2, -0.15) is 0 Å². The number of nitrogens with one attached hydrogen (secondary N) is 2. The fraction of sp³-hybridized carbons (Fsp3) is 0.308. The van der Waals surface area contributed by atoms with Gasteiger partial charge in [-0.1, -0.05) is 0 Å². The number of rotatable bonds is 3. The van der Waals surface area contributed by atoms with Crippen LogP contribution in [0.25, 0.3) is 0 Å². The summed E-state index contributed by atoms with van der Waals surface area (Å²) in [4.78, 5) is 12.9. The van der Waals surface area contributed by atoms with E-state index >= 15 is 0 Å². The highest BCUT2D eigenvalue weighted by Crippen LogP contribution is 2.30. The number of fused-ring (bicyclic) bond motifs is 1. The molecule has 0 atom stereocenters. The van der Waals surface area contributed by atoms with Gasteiger partial charge in [-0.25, -0.2) is 4.79 Å². The van der Waals surface area contributed by atoms with Crippen LogP contribution in [0, 0.1) is 0 Å². The van der Waals surface area contributed by atoms with Crippen molar-refractivity contribution in [3.05, 3.63) is 40.7 Å². The Labute approximate surface area is 114 Å². The maximum atomic E-state index is 11.7. The van der Waals surface area contributed by atoms with Crippen LogP contribution in [0.2, 0.25) is 0 Å². The minimum absolute atomic E-state index is 0.226. The average Bonchev–Trinajstić information content (AvgIpc) is 3.04. The van der Waals surface area contributed by atoms with E-state index in [1.807, 2.05) is 12.1 Å². The Morgan fingerprint density at radius 2 is 2.42 bits per heavy atom. The Morgan fingerprint density at radius 3 is 3.21 bits per heavy atom. The fourth-order valence-electron chi connectivity index (χ4n) is 1.95. The first-order valence-electron chi connectivity index (χ1n) is 6.08. The predicted molar refractivity (Wildman–Crippen MR) is 72.2 cm³/mol. The molecule has 100 valence electrons. The smallest absolute Gasteiger partial charge is 0.320 e. The van der Waals surface area contributed by atoms with Crippen LogP contribution in [-0.4, -0.2) is 12.6 Å². The van der Waals surface area contributed by atoms with E-state index in [0.717, 1.165) is 23.8 Å². The average molecular weight is 278 g/mol. The number of urea groups is 1. The van der Waals surface area contributed by atoms with E-state index in [1.165, 1.54) is 10.4 Å². The number of furan rings is 1. The summed E-state index contributed by atoms with van der Waals surface area (Å²) < 4.78 is 10.5. The normalized spacial score (nSPS) is 13.9. The topological polar surface area (TPSA) is 63.5 Å². The highest BCUT2D eigenvalue weighted by molar-refractivity contribution is 7.16. The predicted octanol–water partition coefficient (Wildman–Crippen LogP) is 2.74. The van der Waals surface area contributed by atoms with Crippen molar-refractivity contribution in [2.45, 2.75) is 19.6 Å². The second-order valence-corrected chi connectivity index (χ2v) is 5.39. The maximum absolute atomic E-state index is 11.7. The molecule has 0 saturated heterocycles. The minimum Gasteiger partial charge on any atom is -0.467 e. The van der Waals surface area contributed by atoms with Crippen LogP contribution in [0.3, 0.4) is 0 Å². The lowest BCUT2D eigenvalue weighted by Crippen LogP contribution is -2.27. The number of anilines is 1. The highest BCUT2D eigenvalue weighted by atomic mass is 32.1. The number of ether oxygens (including phenoxy) is 1. The van der Waals surface area contributed by atoms with E-state index < -0.39 is 0 Å². The van der Waals surface area contributed by atoms with Crippen molar-refractivity contribution in [3.8, 4) is 0 Å². The summed E-state index contributed by atoms with van der Waals surface area (Å²) in [5.74, 6) is 0.731. The zero-order valence-corrected chi connectivity index (χ0v) is 11.1. The summed E-state index contributed by atoms with van der Waals surface area (Å²) in [6.07, 6.45) is 2.50. The largest absolute Gasteiger partial charge is 0.467 e. The van der Waals surface area contributed by atoms with Crippen molar-refractivity contribution in [1.82, 2.24) is 5.32 Å². The molecule has 3 rings (SSSR count). The second-order valence-electron chi connectivity index (χ2n) is 4.25. The van der Waals surface area contributed by atoms with E-state index in [-0.39, 0.29) is 6.03 Å². The Kier molecular flexibility index (Phi) is 3.52. The molecular weight excluding hydrogens is 264 g/mol. The number of carbonyl (C=O) groups is 1. The SMILES string of the molecule is O=C(NCc1ccco1)Nc1cc2c(s1)COCC2. The van der Waals surface area contributed by atoms with Gasteiger partial charge in [0.1, 0.15) is 5.76 Å². The first kappa shape index (κ1) is 12.3. The molecule has 19 heavy (non-hydrogen) atoms. The van der Waals surface area contributed by atoms with Crippen LogP contribution in [0.1, 0.15) is 16.2 Å². The van der Waals surface area contributed by atoms with Gasteiger partial charge in [0.25, 0.3) is 0 Å². The molecule has 0 unspecified atom stereocenters. The van der Waals surface area contributed by atoms with Crippen LogP contribution < -0.4 is 10.6 Å². The molecule has 0 saturated carbocycles. The molecule has 0 fully saturated rings. The minimum atomic E-state index is -0.226. The molecule has 1 aliphatic heterocycles. The second kappa shape index (κ2) is 5.46. The Bertz CT molecular complexity index is 539. The van der Waals surface area contributed by atoms with Gasteiger partial charge < -0.3 is 14.5 Å². The number of carbonyl (C=O) groups excluding carboxylic acids is 1. The van der Waals surface area contributed by atoms with Crippen LogP contribution >= 0.6 is 11.3 Å². The Balaban J connectivity index is 1.55. The summed E-state index contributed by atoms with van der Waals surface area (Å²) >= 11 is 1.57. The number of hydrogen-bond donors (Lipinski definition) is 2. The van der Waals surface area contributed by atoms with Crippen LogP contribution in [0.15, 0.2) is 28.9 Å². The summed E-state index contributed by atoms with van der Waals surface area (Å²) in [5, 5.41) is 6.43. The molecule has 2 aromatic rings. The molecule has 0 aliphatic carbocycles. The van der Waals surface area contributed by atoms with Crippen molar-refractivity contribution in [1.29, 1.82) is 0 Å². The zero-order chi connectivity index (χ0) is 13.1. The maximum Gasteiger partial charge on any atom is 0.320 e. The molecule has 2 aromatic heterocycles. The Morgan fingerprint density at radius 1 is 1.47 bits per heavy atom. The third-order valence-corrected chi connectivity index (χ3v) is 3.95. The molecule has 2 amide bonds. The van der Waals surface area contributed by atoms with Crippen molar-refractivity contribution in [2.24, 2.45) is 0 Å². The van der Waals surface area contributed by atoms with E-state index in [0.29, 0.717) is 13.2 Å². The number of amides is 2. The molecule has 5 nitrogen and oxygen atoms in total. The van der Waals surface area contributed by atoms with Gasteiger partial charge in [0.15, 0.2) is 0 Å². The van der Waals surface area contributed by atoms with Gasteiger partial charge in [0.2, 0.25) is 0 Å². The van der Waals surface area contributed by atoms with Gasteiger partial charge in [-0.15, -0.1) is 11.3 Å². The summed E-state index contributed by atoms with van der Waals surface area (Å²) in [5.41, 5.74) is 1.28. The van der Waals surface area contributed by atoms with Crippen molar-refractivity contribution in [3.63, 3.8) is 0 Å². The van der Waals surface area contributed by atoms with Crippen LogP contribution in [-0.2, 0) is 24.3 Å². The lowest BCUT2D eigenvalue weighted by atomic mass is 10.2. The first-order chi connectivity index (χ1) is 9.31. The van der Waals surface area contributed by atoms with E-state index in [1.54, 1.807) is 23.7 Å². The quantitative estimate of drug-likeness (QED) is 0.907. The van der Waals surface area contributed by atoms with Crippen molar-refractivity contribution in [2.75, 3.05) is 11.9 Å². The first-order valence-corrected chi connectivity index (χ1v) is 6.89. The lowest BCUT2D eigenvalue weighted by Gasteiger charge is -2.10. The van der Waals surface area contributed by atoms with Gasteiger partial charge >= 0.3 is 6.03 Å². The third kappa shape index (κ3) is 2.97. The monoisotopic (exact) mass is 278 g/mol. The molecular formula is C13H14N2O3S. The summed E-state index contributed by atoms with van der Waals surface area (Å²) in [6, 6.07) is 5.41.